The third-order valence-corrected chi connectivity index (χ3v) is 7.12. The Bertz CT molecular complexity index is 1070. The van der Waals surface area contributed by atoms with Crippen molar-refractivity contribution >= 4 is 29.4 Å². The van der Waals surface area contributed by atoms with Crippen LogP contribution in [0.3, 0.4) is 0 Å². The number of halogens is 1. The first-order valence-corrected chi connectivity index (χ1v) is 12.4. The largest absolute Gasteiger partial charge is 0.487 e. The highest BCUT2D eigenvalue weighted by molar-refractivity contribution is 6.31. The van der Waals surface area contributed by atoms with Gasteiger partial charge in [-0.05, 0) is 52.2 Å². The van der Waals surface area contributed by atoms with Gasteiger partial charge in [0, 0.05) is 30.0 Å². The highest BCUT2D eigenvalue weighted by Crippen LogP contribution is 2.47. The number of carbonyl (C=O) groups excluding carboxylic acids is 2. The van der Waals surface area contributed by atoms with Crippen molar-refractivity contribution in [3.63, 3.8) is 0 Å². The smallest absolute Gasteiger partial charge is 0.232 e. The third-order valence-electron chi connectivity index (χ3n) is 6.79. The molecule has 4 atom stereocenters. The molecule has 1 saturated carbocycles. The first kappa shape index (κ1) is 25.5. The van der Waals surface area contributed by atoms with E-state index in [2.05, 4.69) is 10.3 Å². The van der Waals surface area contributed by atoms with Crippen LogP contribution in [0.25, 0.3) is 0 Å². The van der Waals surface area contributed by atoms with Gasteiger partial charge in [-0.3, -0.25) is 14.5 Å². The van der Waals surface area contributed by atoms with E-state index in [1.165, 1.54) is 0 Å². The second kappa shape index (κ2) is 9.47. The number of hydrogen-bond donors (Lipinski definition) is 2. The Morgan fingerprint density at radius 3 is 2.83 bits per heavy atom. The average Bonchev–Trinajstić information content (AvgIpc) is 3.51. The van der Waals surface area contributed by atoms with Crippen LogP contribution >= 0.6 is 11.6 Å². The minimum atomic E-state index is -0.540. The maximum Gasteiger partial charge on any atom is 0.232 e. The van der Waals surface area contributed by atoms with Gasteiger partial charge < -0.3 is 20.5 Å². The molecule has 9 heteroatoms. The van der Waals surface area contributed by atoms with Gasteiger partial charge in [0.15, 0.2) is 5.96 Å². The van der Waals surface area contributed by atoms with Gasteiger partial charge in [0.2, 0.25) is 11.8 Å². The fraction of sp³-hybridized carbons (Fsp3) is 0.577. The Morgan fingerprint density at radius 1 is 1.40 bits per heavy atom. The summed E-state index contributed by atoms with van der Waals surface area (Å²) in [5.41, 5.74) is 6.07. The monoisotopic (exact) mass is 502 g/mol. The van der Waals surface area contributed by atoms with Gasteiger partial charge in [-0.1, -0.05) is 29.8 Å². The first-order valence-electron chi connectivity index (χ1n) is 12.0. The number of fused-ring (bicyclic) bond motifs is 1. The molecule has 1 aliphatic carbocycles. The minimum Gasteiger partial charge on any atom is -0.487 e. The molecule has 2 aliphatic heterocycles. The van der Waals surface area contributed by atoms with Crippen LogP contribution in [0.5, 0.6) is 5.75 Å². The number of guanidine groups is 1. The van der Waals surface area contributed by atoms with E-state index in [4.69, 9.17) is 26.8 Å². The minimum absolute atomic E-state index is 0.0611. The molecule has 0 radical (unpaired) electrons. The third kappa shape index (κ3) is 5.48. The molecular weight excluding hydrogens is 468 g/mol. The zero-order valence-electron chi connectivity index (χ0n) is 21.0. The number of rotatable bonds is 7. The maximum absolute atomic E-state index is 13.4. The number of nitrogens with one attached hydrogen (secondary N) is 1. The lowest BCUT2D eigenvalue weighted by atomic mass is 9.89. The molecule has 0 bridgehead atoms. The van der Waals surface area contributed by atoms with Crippen LogP contribution in [-0.2, 0) is 14.3 Å². The predicted octanol–water partition coefficient (Wildman–Crippen LogP) is 3.59. The molecule has 3 N–H and O–H groups in total. The molecule has 1 aromatic rings. The summed E-state index contributed by atoms with van der Waals surface area (Å²) < 4.78 is 11.2. The number of ether oxygens (including phenoxy) is 2. The first-order chi connectivity index (χ1) is 16.4. The Morgan fingerprint density at radius 2 is 2.14 bits per heavy atom. The lowest BCUT2D eigenvalue weighted by Crippen LogP contribution is -2.54. The lowest BCUT2D eigenvalue weighted by Gasteiger charge is -2.38. The van der Waals surface area contributed by atoms with E-state index in [9.17, 15) is 9.59 Å². The quantitative estimate of drug-likeness (QED) is 0.554. The molecule has 2 amide bonds. The van der Waals surface area contributed by atoms with Crippen LogP contribution in [0, 0.1) is 11.8 Å². The molecule has 4 rings (SSSR count). The molecule has 190 valence electrons. The average molecular weight is 503 g/mol. The summed E-state index contributed by atoms with van der Waals surface area (Å²) in [5.74, 6) is 0.412. The van der Waals surface area contributed by atoms with E-state index in [0.29, 0.717) is 30.2 Å². The van der Waals surface area contributed by atoms with Crippen molar-refractivity contribution in [2.45, 2.75) is 70.2 Å². The van der Waals surface area contributed by atoms with E-state index < -0.39 is 11.1 Å². The fourth-order valence-corrected chi connectivity index (χ4v) is 5.49. The highest BCUT2D eigenvalue weighted by Gasteiger charge is 2.52. The van der Waals surface area contributed by atoms with Crippen LogP contribution in [-0.4, -0.2) is 53.6 Å². The van der Waals surface area contributed by atoms with E-state index >= 15 is 0 Å². The molecule has 35 heavy (non-hydrogen) atoms. The highest BCUT2D eigenvalue weighted by atomic mass is 35.5. The van der Waals surface area contributed by atoms with E-state index in [1.54, 1.807) is 12.0 Å². The predicted molar refractivity (Wildman–Crippen MR) is 135 cm³/mol. The van der Waals surface area contributed by atoms with Gasteiger partial charge in [0.1, 0.15) is 11.4 Å². The van der Waals surface area contributed by atoms with Gasteiger partial charge in [0.25, 0.3) is 0 Å². The Hall–Kier alpha value is -2.58. The Balaban J connectivity index is 1.54. The van der Waals surface area contributed by atoms with Gasteiger partial charge in [-0.15, -0.1) is 0 Å². The van der Waals surface area contributed by atoms with E-state index in [-0.39, 0.29) is 48.1 Å². The maximum atomic E-state index is 13.4. The van der Waals surface area contributed by atoms with Crippen molar-refractivity contribution in [2.75, 3.05) is 13.7 Å². The number of amides is 2. The van der Waals surface area contributed by atoms with Crippen LogP contribution in [0.4, 0.5) is 0 Å². The van der Waals surface area contributed by atoms with Crippen molar-refractivity contribution in [3.8, 4) is 5.75 Å². The molecule has 8 nitrogen and oxygen atoms in total. The molecule has 3 aliphatic rings. The second-order valence-electron chi connectivity index (χ2n) is 10.9. The van der Waals surface area contributed by atoms with Crippen LogP contribution in [0.1, 0.15) is 58.6 Å². The molecule has 0 saturated heterocycles. The lowest BCUT2D eigenvalue weighted by molar-refractivity contribution is -0.131. The number of aliphatic imine (C=N–C) groups is 1. The van der Waals surface area contributed by atoms with Crippen molar-refractivity contribution in [1.82, 2.24) is 10.2 Å². The summed E-state index contributed by atoms with van der Waals surface area (Å²) in [7, 11) is 1.61. The van der Waals surface area contributed by atoms with Gasteiger partial charge in [0.05, 0.1) is 30.7 Å². The normalized spacial score (nSPS) is 27.6. The molecular formula is C26H35ClN4O4. The number of nitrogens with two attached hydrogens (primary N) is 1. The Labute approximate surface area is 211 Å². The number of benzene rings is 1. The van der Waals surface area contributed by atoms with Gasteiger partial charge in [-0.2, -0.15) is 0 Å². The number of carbonyl (C=O) groups is 2. The zero-order valence-corrected chi connectivity index (χ0v) is 21.8. The molecule has 0 aromatic heterocycles. The molecule has 2 heterocycles. The van der Waals surface area contributed by atoms with Crippen molar-refractivity contribution < 1.29 is 19.1 Å². The number of nitrogens with zero attached hydrogens (tertiary/aromatic N) is 2. The summed E-state index contributed by atoms with van der Waals surface area (Å²) in [4.78, 5) is 32.5. The zero-order chi connectivity index (χ0) is 25.5. The van der Waals surface area contributed by atoms with Crippen LogP contribution in [0.2, 0.25) is 5.02 Å². The fourth-order valence-electron chi connectivity index (χ4n) is 5.19. The summed E-state index contributed by atoms with van der Waals surface area (Å²) >= 11 is 6.49. The van der Waals surface area contributed by atoms with Crippen molar-refractivity contribution in [2.24, 2.45) is 22.6 Å². The summed E-state index contributed by atoms with van der Waals surface area (Å²) in [6.07, 6.45) is 5.27. The van der Waals surface area contributed by atoms with Crippen LogP contribution < -0.4 is 15.8 Å². The van der Waals surface area contributed by atoms with Crippen LogP contribution in [0.15, 0.2) is 35.3 Å². The van der Waals surface area contributed by atoms with Crippen molar-refractivity contribution in [1.29, 1.82) is 0 Å². The van der Waals surface area contributed by atoms with Crippen molar-refractivity contribution in [3.05, 3.63) is 40.9 Å². The second-order valence-corrected chi connectivity index (χ2v) is 11.3. The summed E-state index contributed by atoms with van der Waals surface area (Å²) in [6.45, 7) is 8.17. The Kier molecular flexibility index (Phi) is 6.90. The summed E-state index contributed by atoms with van der Waals surface area (Å²) in [6, 6.07) is 4.91. The standard InChI is InChI=1S/C26H35ClN4O4/c1-25(2)14-21(32)31(24(28)30-25)19(9-7-11-34-5)15-12-16(15)23(33)29-18-13-26(3,4)35-20-10-6-8-17(27)22(18)20/h6-10,15-16,18-19H,11-14H2,1-5H3,(H2,28,30)(H,29,33)/b9-7+/t15-,16-,18+,19?/m1/s1. The topological polar surface area (TPSA) is 106 Å². The molecule has 1 fully saturated rings. The molecule has 1 aromatic carbocycles. The van der Waals surface area contributed by atoms with Gasteiger partial charge >= 0.3 is 0 Å². The summed E-state index contributed by atoms with van der Waals surface area (Å²) in [5, 5.41) is 3.78. The van der Waals surface area contributed by atoms with E-state index in [1.807, 2.05) is 58.0 Å². The molecule has 1 unspecified atom stereocenters. The van der Waals surface area contributed by atoms with Gasteiger partial charge in [-0.25, -0.2) is 4.99 Å². The number of methoxy groups -OCH3 is 1. The van der Waals surface area contributed by atoms with E-state index in [0.717, 1.165) is 5.56 Å². The SMILES string of the molecule is COC/C=C/C([C@@H]1C[C@H]1C(=O)N[C@H]1CC(C)(C)Oc2cccc(Cl)c21)N1C(=O)CC(C)(C)N=C1N. The number of hydrogen-bond acceptors (Lipinski definition) is 6. The molecule has 0 spiro atoms.